The second-order valence-corrected chi connectivity index (χ2v) is 5.23. The highest BCUT2D eigenvalue weighted by Gasteiger charge is 2.45. The standard InChI is InChI=1S/C14H19N3O3/c1-17(2)11-7-4-3-6-10(11)15-13(20)16-14(12(18)19)8-5-9-14/h3-4,6-7H,5,8-9H2,1-2H3,(H,18,19)(H2,15,16,20). The molecule has 6 nitrogen and oxygen atoms in total. The van der Waals surface area contributed by atoms with Gasteiger partial charge in [0.25, 0.3) is 0 Å². The van der Waals surface area contributed by atoms with Crippen LogP contribution in [0.5, 0.6) is 0 Å². The lowest BCUT2D eigenvalue weighted by molar-refractivity contribution is -0.148. The van der Waals surface area contributed by atoms with Gasteiger partial charge in [0.15, 0.2) is 0 Å². The van der Waals surface area contributed by atoms with Gasteiger partial charge in [-0.1, -0.05) is 12.1 Å². The minimum absolute atomic E-state index is 0.477. The Morgan fingerprint density at radius 2 is 1.90 bits per heavy atom. The van der Waals surface area contributed by atoms with E-state index >= 15 is 0 Å². The fourth-order valence-corrected chi connectivity index (χ4v) is 2.26. The van der Waals surface area contributed by atoms with Crippen molar-refractivity contribution in [2.45, 2.75) is 24.8 Å². The molecule has 0 spiro atoms. The first kappa shape index (κ1) is 14.2. The van der Waals surface area contributed by atoms with Crippen molar-refractivity contribution >= 4 is 23.4 Å². The van der Waals surface area contributed by atoms with Crippen molar-refractivity contribution in [3.8, 4) is 0 Å². The van der Waals surface area contributed by atoms with E-state index < -0.39 is 17.5 Å². The number of para-hydroxylation sites is 2. The third-order valence-corrected chi connectivity index (χ3v) is 3.60. The summed E-state index contributed by atoms with van der Waals surface area (Å²) >= 11 is 0. The number of aliphatic carboxylic acids is 1. The Kier molecular flexibility index (Phi) is 3.83. The van der Waals surface area contributed by atoms with E-state index in [1.165, 1.54) is 0 Å². The second-order valence-electron chi connectivity index (χ2n) is 5.23. The van der Waals surface area contributed by atoms with Crippen LogP contribution >= 0.6 is 0 Å². The van der Waals surface area contributed by atoms with Crippen molar-refractivity contribution in [2.24, 2.45) is 0 Å². The highest BCUT2D eigenvalue weighted by atomic mass is 16.4. The molecular formula is C14H19N3O3. The van der Waals surface area contributed by atoms with Crippen molar-refractivity contribution in [3.05, 3.63) is 24.3 Å². The summed E-state index contributed by atoms with van der Waals surface area (Å²) in [6, 6.07) is 6.87. The molecule has 1 aromatic carbocycles. The van der Waals surface area contributed by atoms with Crippen molar-refractivity contribution in [1.82, 2.24) is 5.32 Å². The van der Waals surface area contributed by atoms with E-state index in [1.54, 1.807) is 6.07 Å². The summed E-state index contributed by atoms with van der Waals surface area (Å²) in [7, 11) is 3.76. The number of urea groups is 1. The molecule has 1 aliphatic rings. The van der Waals surface area contributed by atoms with Crippen LogP contribution < -0.4 is 15.5 Å². The number of hydrogen-bond donors (Lipinski definition) is 3. The molecule has 2 amide bonds. The number of carbonyl (C=O) groups is 2. The molecule has 20 heavy (non-hydrogen) atoms. The molecule has 0 unspecified atom stereocenters. The number of carboxylic acids is 1. The van der Waals surface area contributed by atoms with Gasteiger partial charge in [0.2, 0.25) is 0 Å². The molecule has 1 fully saturated rings. The lowest BCUT2D eigenvalue weighted by Gasteiger charge is -2.38. The van der Waals surface area contributed by atoms with Gasteiger partial charge in [-0.3, -0.25) is 0 Å². The van der Waals surface area contributed by atoms with E-state index in [1.807, 2.05) is 37.2 Å². The van der Waals surface area contributed by atoms with Gasteiger partial charge in [-0.2, -0.15) is 0 Å². The molecule has 3 N–H and O–H groups in total. The van der Waals surface area contributed by atoms with Gasteiger partial charge in [0, 0.05) is 14.1 Å². The maximum absolute atomic E-state index is 12.0. The summed E-state index contributed by atoms with van der Waals surface area (Å²) in [5.41, 5.74) is 0.410. The number of anilines is 2. The number of carboxylic acid groups (broad SMARTS) is 1. The molecule has 6 heteroatoms. The van der Waals surface area contributed by atoms with Gasteiger partial charge in [0.05, 0.1) is 11.4 Å². The van der Waals surface area contributed by atoms with Crippen LogP contribution in [0.25, 0.3) is 0 Å². The number of hydrogen-bond acceptors (Lipinski definition) is 3. The van der Waals surface area contributed by atoms with E-state index in [9.17, 15) is 14.7 Å². The minimum Gasteiger partial charge on any atom is -0.480 e. The zero-order valence-electron chi connectivity index (χ0n) is 11.6. The van der Waals surface area contributed by atoms with E-state index in [0.29, 0.717) is 18.5 Å². The monoisotopic (exact) mass is 277 g/mol. The zero-order valence-corrected chi connectivity index (χ0v) is 11.6. The van der Waals surface area contributed by atoms with Gasteiger partial charge < -0.3 is 20.6 Å². The van der Waals surface area contributed by atoms with Gasteiger partial charge in [-0.05, 0) is 31.4 Å². The fraction of sp³-hybridized carbons (Fsp3) is 0.429. The van der Waals surface area contributed by atoms with Crippen LogP contribution in [0.2, 0.25) is 0 Å². The van der Waals surface area contributed by atoms with E-state index in [2.05, 4.69) is 10.6 Å². The molecule has 0 aromatic heterocycles. The van der Waals surface area contributed by atoms with Gasteiger partial charge in [0.1, 0.15) is 5.54 Å². The Labute approximate surface area is 117 Å². The molecule has 0 aliphatic heterocycles. The smallest absolute Gasteiger partial charge is 0.329 e. The third kappa shape index (κ3) is 2.68. The van der Waals surface area contributed by atoms with Gasteiger partial charge in [-0.25, -0.2) is 9.59 Å². The Bertz CT molecular complexity index is 524. The second kappa shape index (κ2) is 5.40. The van der Waals surface area contributed by atoms with Crippen LogP contribution in [0.15, 0.2) is 24.3 Å². The zero-order chi connectivity index (χ0) is 14.8. The molecule has 108 valence electrons. The van der Waals surface area contributed by atoms with Crippen LogP contribution in [0.3, 0.4) is 0 Å². The largest absolute Gasteiger partial charge is 0.480 e. The summed E-state index contributed by atoms with van der Waals surface area (Å²) in [5.74, 6) is -0.972. The fourth-order valence-electron chi connectivity index (χ4n) is 2.26. The Morgan fingerprint density at radius 3 is 2.40 bits per heavy atom. The average Bonchev–Trinajstić information content (AvgIpc) is 2.33. The van der Waals surface area contributed by atoms with Crippen LogP contribution in [-0.2, 0) is 4.79 Å². The van der Waals surface area contributed by atoms with Crippen molar-refractivity contribution in [3.63, 3.8) is 0 Å². The van der Waals surface area contributed by atoms with Gasteiger partial charge >= 0.3 is 12.0 Å². The van der Waals surface area contributed by atoms with Crippen molar-refractivity contribution in [2.75, 3.05) is 24.3 Å². The maximum Gasteiger partial charge on any atom is 0.329 e. The highest BCUT2D eigenvalue weighted by molar-refractivity contribution is 5.96. The van der Waals surface area contributed by atoms with Crippen molar-refractivity contribution < 1.29 is 14.7 Å². The first-order valence-corrected chi connectivity index (χ1v) is 6.53. The molecular weight excluding hydrogens is 258 g/mol. The SMILES string of the molecule is CN(C)c1ccccc1NC(=O)NC1(C(=O)O)CCC1. The summed E-state index contributed by atoms with van der Waals surface area (Å²) in [6.45, 7) is 0. The number of rotatable bonds is 4. The van der Waals surface area contributed by atoms with Crippen LogP contribution in [0.4, 0.5) is 16.2 Å². The first-order valence-electron chi connectivity index (χ1n) is 6.53. The average molecular weight is 277 g/mol. The lowest BCUT2D eigenvalue weighted by atomic mass is 9.77. The van der Waals surface area contributed by atoms with Crippen LogP contribution in [0.1, 0.15) is 19.3 Å². The number of nitrogens with one attached hydrogen (secondary N) is 2. The number of amides is 2. The summed E-state index contributed by atoms with van der Waals surface area (Å²) in [6.07, 6.45) is 1.77. The van der Waals surface area contributed by atoms with Crippen LogP contribution in [-0.4, -0.2) is 36.7 Å². The predicted octanol–water partition coefficient (Wildman–Crippen LogP) is 1.88. The number of carbonyl (C=O) groups excluding carboxylic acids is 1. The normalized spacial score (nSPS) is 15.9. The molecule has 0 heterocycles. The molecule has 2 rings (SSSR count). The first-order chi connectivity index (χ1) is 9.44. The third-order valence-electron chi connectivity index (χ3n) is 3.60. The molecule has 0 saturated heterocycles. The molecule has 0 radical (unpaired) electrons. The minimum atomic E-state index is -1.10. The number of nitrogens with zero attached hydrogens (tertiary/aromatic N) is 1. The number of benzene rings is 1. The van der Waals surface area contributed by atoms with Gasteiger partial charge in [-0.15, -0.1) is 0 Å². The summed E-state index contributed by atoms with van der Waals surface area (Å²) in [4.78, 5) is 25.1. The Morgan fingerprint density at radius 1 is 1.25 bits per heavy atom. The van der Waals surface area contributed by atoms with E-state index in [4.69, 9.17) is 0 Å². The highest BCUT2D eigenvalue weighted by Crippen LogP contribution is 2.32. The molecule has 0 atom stereocenters. The Balaban J connectivity index is 2.07. The van der Waals surface area contributed by atoms with Crippen molar-refractivity contribution in [1.29, 1.82) is 0 Å². The lowest BCUT2D eigenvalue weighted by Crippen LogP contribution is -2.60. The quantitative estimate of drug-likeness (QED) is 0.785. The molecule has 0 bridgehead atoms. The summed E-state index contributed by atoms with van der Waals surface area (Å²) < 4.78 is 0. The molecule has 1 aliphatic carbocycles. The topological polar surface area (TPSA) is 81.7 Å². The molecule has 1 saturated carbocycles. The summed E-state index contributed by atoms with van der Waals surface area (Å²) in [5, 5.41) is 14.5. The molecule has 1 aromatic rings. The predicted molar refractivity (Wildman–Crippen MR) is 77.1 cm³/mol. The maximum atomic E-state index is 12.0. The van der Waals surface area contributed by atoms with E-state index in [0.717, 1.165) is 12.1 Å². The van der Waals surface area contributed by atoms with E-state index in [-0.39, 0.29) is 0 Å². The van der Waals surface area contributed by atoms with Crippen LogP contribution in [0, 0.1) is 0 Å². The Hall–Kier alpha value is -2.24.